The van der Waals surface area contributed by atoms with E-state index in [0.717, 1.165) is 28.1 Å². The highest BCUT2D eigenvalue weighted by Crippen LogP contribution is 2.23. The van der Waals surface area contributed by atoms with Crippen LogP contribution in [-0.4, -0.2) is 27.8 Å². The van der Waals surface area contributed by atoms with Crippen LogP contribution in [0.5, 0.6) is 5.75 Å². The van der Waals surface area contributed by atoms with Crippen molar-refractivity contribution < 1.29 is 9.53 Å². The summed E-state index contributed by atoms with van der Waals surface area (Å²) in [6.45, 7) is 2.44. The third kappa shape index (κ3) is 4.22. The van der Waals surface area contributed by atoms with Gasteiger partial charge in [0.1, 0.15) is 5.75 Å². The van der Waals surface area contributed by atoms with Gasteiger partial charge in [-0.2, -0.15) is 0 Å². The van der Waals surface area contributed by atoms with Crippen molar-refractivity contribution in [2.45, 2.75) is 13.5 Å². The average molecular weight is 398 g/mol. The molecule has 0 saturated heterocycles. The average Bonchev–Trinajstić information content (AvgIpc) is 3.24. The van der Waals surface area contributed by atoms with Gasteiger partial charge < -0.3 is 10.1 Å². The molecule has 0 bridgehead atoms. The third-order valence-corrected chi connectivity index (χ3v) is 4.73. The van der Waals surface area contributed by atoms with Crippen LogP contribution in [0.3, 0.4) is 0 Å². The SMILES string of the molecule is COc1ccc(-n2nc(C(=O)NCc3ccccc3)nc2-c2ccc(C)cc2)cc1. The standard InChI is InChI=1S/C24H22N4O2/c1-17-8-10-19(11-9-17)23-26-22(24(29)25-16-18-6-4-3-5-7-18)27-28(23)20-12-14-21(30-2)15-13-20/h3-15H,16H2,1-2H3,(H,25,29). The second-order valence-electron chi connectivity index (χ2n) is 6.90. The number of carbonyl (C=O) groups is 1. The molecule has 30 heavy (non-hydrogen) atoms. The Morgan fingerprint density at radius 3 is 2.33 bits per heavy atom. The maximum absolute atomic E-state index is 12.7. The first-order valence-electron chi connectivity index (χ1n) is 9.65. The number of ether oxygens (including phenoxy) is 1. The van der Waals surface area contributed by atoms with Crippen LogP contribution < -0.4 is 10.1 Å². The van der Waals surface area contributed by atoms with E-state index in [-0.39, 0.29) is 11.7 Å². The molecule has 0 aliphatic heterocycles. The first-order chi connectivity index (χ1) is 14.6. The Labute approximate surface area is 175 Å². The van der Waals surface area contributed by atoms with E-state index in [1.54, 1.807) is 11.8 Å². The molecule has 0 spiro atoms. The summed E-state index contributed by atoms with van der Waals surface area (Å²) >= 11 is 0. The van der Waals surface area contributed by atoms with Gasteiger partial charge in [-0.3, -0.25) is 4.79 Å². The minimum atomic E-state index is -0.320. The quantitative estimate of drug-likeness (QED) is 0.529. The predicted octanol–water partition coefficient (Wildman–Crippen LogP) is 4.18. The first kappa shape index (κ1) is 19.4. The summed E-state index contributed by atoms with van der Waals surface area (Å²) in [7, 11) is 1.62. The maximum Gasteiger partial charge on any atom is 0.291 e. The van der Waals surface area contributed by atoms with Gasteiger partial charge in [0.05, 0.1) is 12.8 Å². The monoisotopic (exact) mass is 398 g/mol. The van der Waals surface area contributed by atoms with Crippen LogP contribution in [0, 0.1) is 6.92 Å². The van der Waals surface area contributed by atoms with E-state index >= 15 is 0 Å². The largest absolute Gasteiger partial charge is 0.497 e. The number of hydrogen-bond acceptors (Lipinski definition) is 4. The van der Waals surface area contributed by atoms with Gasteiger partial charge in [0.25, 0.3) is 5.91 Å². The molecular weight excluding hydrogens is 376 g/mol. The van der Waals surface area contributed by atoms with E-state index in [9.17, 15) is 4.79 Å². The molecule has 0 atom stereocenters. The van der Waals surface area contributed by atoms with Crippen molar-refractivity contribution in [1.82, 2.24) is 20.1 Å². The molecule has 0 aliphatic carbocycles. The third-order valence-electron chi connectivity index (χ3n) is 4.73. The molecule has 4 rings (SSSR count). The van der Waals surface area contributed by atoms with Crippen molar-refractivity contribution in [2.24, 2.45) is 0 Å². The zero-order valence-corrected chi connectivity index (χ0v) is 16.9. The van der Waals surface area contributed by atoms with E-state index in [1.807, 2.05) is 85.8 Å². The number of nitrogens with zero attached hydrogens (tertiary/aromatic N) is 3. The molecule has 6 nitrogen and oxygen atoms in total. The molecule has 0 unspecified atom stereocenters. The number of benzene rings is 3. The van der Waals surface area contributed by atoms with Gasteiger partial charge in [0, 0.05) is 12.1 Å². The van der Waals surface area contributed by atoms with Crippen molar-refractivity contribution in [3.05, 3.63) is 95.8 Å². The lowest BCUT2D eigenvalue weighted by Gasteiger charge is -2.07. The van der Waals surface area contributed by atoms with Crippen LogP contribution in [0.25, 0.3) is 17.1 Å². The molecule has 0 radical (unpaired) electrons. The Morgan fingerprint density at radius 2 is 1.67 bits per heavy atom. The smallest absolute Gasteiger partial charge is 0.291 e. The molecule has 4 aromatic rings. The molecule has 1 N–H and O–H groups in total. The zero-order valence-electron chi connectivity index (χ0n) is 16.9. The highest BCUT2D eigenvalue weighted by molar-refractivity contribution is 5.91. The number of aryl methyl sites for hydroxylation is 1. The number of methoxy groups -OCH3 is 1. The molecule has 1 amide bonds. The Morgan fingerprint density at radius 1 is 0.967 bits per heavy atom. The number of nitrogens with one attached hydrogen (secondary N) is 1. The van der Waals surface area contributed by atoms with Gasteiger partial charge in [-0.15, -0.1) is 5.10 Å². The molecule has 6 heteroatoms. The van der Waals surface area contributed by atoms with Crippen LogP contribution in [0.2, 0.25) is 0 Å². The van der Waals surface area contributed by atoms with Gasteiger partial charge in [-0.25, -0.2) is 9.67 Å². The van der Waals surface area contributed by atoms with Crippen LogP contribution in [0.4, 0.5) is 0 Å². The van der Waals surface area contributed by atoms with Crippen LogP contribution in [-0.2, 0) is 6.54 Å². The minimum absolute atomic E-state index is 0.123. The van der Waals surface area contributed by atoms with Crippen molar-refractivity contribution in [2.75, 3.05) is 7.11 Å². The second kappa shape index (κ2) is 8.61. The van der Waals surface area contributed by atoms with E-state index < -0.39 is 0 Å². The lowest BCUT2D eigenvalue weighted by molar-refractivity contribution is 0.0940. The maximum atomic E-state index is 12.7. The Bertz CT molecular complexity index is 1130. The number of aromatic nitrogens is 3. The first-order valence-corrected chi connectivity index (χ1v) is 9.65. The Hall–Kier alpha value is -3.93. The van der Waals surface area contributed by atoms with E-state index in [1.165, 1.54) is 0 Å². The lowest BCUT2D eigenvalue weighted by Crippen LogP contribution is -2.24. The molecule has 3 aromatic carbocycles. The normalized spacial score (nSPS) is 10.6. The molecule has 0 aliphatic rings. The van der Waals surface area contributed by atoms with Gasteiger partial charge in [-0.05, 0) is 36.8 Å². The molecule has 0 fully saturated rings. The van der Waals surface area contributed by atoms with Crippen LogP contribution >= 0.6 is 0 Å². The highest BCUT2D eigenvalue weighted by Gasteiger charge is 2.18. The van der Waals surface area contributed by atoms with Crippen molar-refractivity contribution in [3.8, 4) is 22.8 Å². The van der Waals surface area contributed by atoms with E-state index in [2.05, 4.69) is 15.4 Å². The summed E-state index contributed by atoms with van der Waals surface area (Å²) in [6, 6.07) is 25.2. The second-order valence-corrected chi connectivity index (χ2v) is 6.90. The lowest BCUT2D eigenvalue weighted by atomic mass is 10.1. The number of amides is 1. The molecular formula is C24H22N4O2. The summed E-state index contributed by atoms with van der Waals surface area (Å²) in [5.41, 5.74) is 3.83. The van der Waals surface area contributed by atoms with Gasteiger partial charge >= 0.3 is 0 Å². The van der Waals surface area contributed by atoms with Crippen molar-refractivity contribution in [3.63, 3.8) is 0 Å². The molecule has 150 valence electrons. The summed E-state index contributed by atoms with van der Waals surface area (Å²) in [5.74, 6) is 1.15. The fourth-order valence-electron chi connectivity index (χ4n) is 3.06. The molecule has 1 aromatic heterocycles. The minimum Gasteiger partial charge on any atom is -0.497 e. The summed E-state index contributed by atoms with van der Waals surface area (Å²) in [6.07, 6.45) is 0. The van der Waals surface area contributed by atoms with Crippen molar-refractivity contribution >= 4 is 5.91 Å². The molecule has 1 heterocycles. The van der Waals surface area contributed by atoms with Crippen molar-refractivity contribution in [1.29, 1.82) is 0 Å². The van der Waals surface area contributed by atoms with Gasteiger partial charge in [-0.1, -0.05) is 60.2 Å². The zero-order chi connectivity index (χ0) is 20.9. The number of carbonyl (C=O) groups excluding carboxylic acids is 1. The highest BCUT2D eigenvalue weighted by atomic mass is 16.5. The number of rotatable bonds is 6. The summed E-state index contributed by atoms with van der Waals surface area (Å²) in [4.78, 5) is 17.3. The van der Waals surface area contributed by atoms with Gasteiger partial charge in [0.2, 0.25) is 5.82 Å². The molecule has 0 saturated carbocycles. The fraction of sp³-hybridized carbons (Fsp3) is 0.125. The van der Waals surface area contributed by atoms with E-state index in [0.29, 0.717) is 12.4 Å². The Balaban J connectivity index is 1.67. The van der Waals surface area contributed by atoms with Crippen LogP contribution in [0.1, 0.15) is 21.7 Å². The predicted molar refractivity (Wildman–Crippen MR) is 116 cm³/mol. The van der Waals surface area contributed by atoms with Gasteiger partial charge in [0.15, 0.2) is 5.82 Å². The Kier molecular flexibility index (Phi) is 5.57. The summed E-state index contributed by atoms with van der Waals surface area (Å²) in [5, 5.41) is 7.39. The van der Waals surface area contributed by atoms with Crippen LogP contribution in [0.15, 0.2) is 78.9 Å². The van der Waals surface area contributed by atoms with E-state index in [4.69, 9.17) is 4.74 Å². The number of hydrogen-bond donors (Lipinski definition) is 1. The topological polar surface area (TPSA) is 69.0 Å². The fourth-order valence-corrected chi connectivity index (χ4v) is 3.06. The summed E-state index contributed by atoms with van der Waals surface area (Å²) < 4.78 is 6.92.